The highest BCUT2D eigenvalue weighted by atomic mass is 16.8. The van der Waals surface area contributed by atoms with Gasteiger partial charge < -0.3 is 25.4 Å². The molecule has 1 aliphatic carbocycles. The van der Waals surface area contributed by atoms with E-state index >= 15 is 0 Å². The molecule has 1 heterocycles. The number of aliphatic hydroxyl groups excluding tert-OH is 2. The van der Waals surface area contributed by atoms with Crippen molar-refractivity contribution in [3.8, 4) is 0 Å². The second kappa shape index (κ2) is 2.65. The van der Waals surface area contributed by atoms with E-state index in [1.165, 1.54) is 0 Å². The number of fused-ring (bicyclic) bond motifs is 1. The summed E-state index contributed by atoms with van der Waals surface area (Å²) in [5.74, 6) is -0.714. The fraction of sp³-hybridized carbons (Fsp3) is 1.00. The first-order valence-electron chi connectivity index (χ1n) is 4.40. The third kappa shape index (κ3) is 1.28. The maximum absolute atomic E-state index is 9.54. The molecule has 0 bridgehead atoms. The van der Waals surface area contributed by atoms with Gasteiger partial charge in [0.2, 0.25) is 0 Å². The lowest BCUT2D eigenvalue weighted by atomic mass is 10.2. The van der Waals surface area contributed by atoms with E-state index in [0.29, 0.717) is 0 Å². The number of ether oxygens (including phenoxy) is 2. The third-order valence-corrected chi connectivity index (χ3v) is 2.62. The Morgan fingerprint density at radius 2 is 1.62 bits per heavy atom. The van der Waals surface area contributed by atoms with Gasteiger partial charge in [0, 0.05) is 0 Å². The molecule has 0 radical (unpaired) electrons. The summed E-state index contributed by atoms with van der Waals surface area (Å²) in [5, 5.41) is 18.9. The molecule has 5 nitrogen and oxygen atoms in total. The molecule has 0 unspecified atom stereocenters. The van der Waals surface area contributed by atoms with Crippen LogP contribution in [0.5, 0.6) is 0 Å². The molecule has 2 fully saturated rings. The van der Waals surface area contributed by atoms with Crippen molar-refractivity contribution in [2.75, 3.05) is 0 Å². The first kappa shape index (κ1) is 9.36. The van der Waals surface area contributed by atoms with E-state index in [-0.39, 0.29) is 0 Å². The molecule has 0 amide bonds. The molecule has 1 aliphatic heterocycles. The molecule has 1 saturated carbocycles. The summed E-state index contributed by atoms with van der Waals surface area (Å²) >= 11 is 0. The van der Waals surface area contributed by atoms with Crippen LogP contribution >= 0.6 is 0 Å². The fourth-order valence-electron chi connectivity index (χ4n) is 2.00. The molecule has 4 N–H and O–H groups in total. The summed E-state index contributed by atoms with van der Waals surface area (Å²) < 4.78 is 10.9. The molecular formula is C8H15NO4. The number of nitrogens with two attached hydrogens (primary N) is 1. The van der Waals surface area contributed by atoms with E-state index in [4.69, 9.17) is 15.2 Å². The van der Waals surface area contributed by atoms with Gasteiger partial charge in [0.25, 0.3) is 0 Å². The van der Waals surface area contributed by atoms with Crippen molar-refractivity contribution in [2.24, 2.45) is 5.73 Å². The van der Waals surface area contributed by atoms with Crippen LogP contribution in [0.25, 0.3) is 0 Å². The Hall–Kier alpha value is -0.200. The van der Waals surface area contributed by atoms with Crippen LogP contribution in [0.2, 0.25) is 0 Å². The SMILES string of the molecule is CC1(C)O[C@@H]2[C@@H](O)[C@H](O)[C@@H](N)[C@@H]2O1. The van der Waals surface area contributed by atoms with E-state index in [1.807, 2.05) is 0 Å². The van der Waals surface area contributed by atoms with Crippen LogP contribution in [0, 0.1) is 0 Å². The van der Waals surface area contributed by atoms with Crippen molar-refractivity contribution >= 4 is 0 Å². The van der Waals surface area contributed by atoms with Gasteiger partial charge >= 0.3 is 0 Å². The largest absolute Gasteiger partial charge is 0.389 e. The number of rotatable bonds is 0. The average Bonchev–Trinajstić information content (AvgIpc) is 2.44. The van der Waals surface area contributed by atoms with E-state index in [2.05, 4.69) is 0 Å². The highest BCUT2D eigenvalue weighted by molar-refractivity contribution is 5.06. The predicted molar refractivity (Wildman–Crippen MR) is 43.8 cm³/mol. The lowest BCUT2D eigenvalue weighted by molar-refractivity contribution is -0.174. The molecule has 1 saturated heterocycles. The lowest BCUT2D eigenvalue weighted by Crippen LogP contribution is -2.43. The van der Waals surface area contributed by atoms with Crippen molar-refractivity contribution in [1.82, 2.24) is 0 Å². The number of aliphatic hydroxyl groups is 2. The predicted octanol–water partition coefficient (Wildman–Crippen LogP) is -1.43. The Bertz CT molecular complexity index is 200. The zero-order valence-electron chi connectivity index (χ0n) is 7.68. The third-order valence-electron chi connectivity index (χ3n) is 2.62. The second-order valence-electron chi connectivity index (χ2n) is 4.12. The quantitative estimate of drug-likeness (QED) is 0.435. The zero-order valence-corrected chi connectivity index (χ0v) is 7.68. The van der Waals surface area contributed by atoms with Gasteiger partial charge in [0.05, 0.1) is 6.04 Å². The smallest absolute Gasteiger partial charge is 0.163 e. The van der Waals surface area contributed by atoms with Crippen molar-refractivity contribution in [3.63, 3.8) is 0 Å². The summed E-state index contributed by atoms with van der Waals surface area (Å²) in [6, 6.07) is -0.568. The van der Waals surface area contributed by atoms with Gasteiger partial charge in [-0.05, 0) is 13.8 Å². The van der Waals surface area contributed by atoms with Gasteiger partial charge in [-0.25, -0.2) is 0 Å². The minimum Gasteiger partial charge on any atom is -0.389 e. The Morgan fingerprint density at radius 3 is 2.15 bits per heavy atom. The molecule has 13 heavy (non-hydrogen) atoms. The van der Waals surface area contributed by atoms with E-state index in [1.54, 1.807) is 13.8 Å². The van der Waals surface area contributed by atoms with E-state index in [0.717, 1.165) is 0 Å². The molecule has 0 aromatic rings. The van der Waals surface area contributed by atoms with Gasteiger partial charge in [-0.3, -0.25) is 0 Å². The molecular weight excluding hydrogens is 174 g/mol. The number of hydrogen-bond donors (Lipinski definition) is 3. The summed E-state index contributed by atoms with van der Waals surface area (Å²) in [6.45, 7) is 3.52. The Balaban J connectivity index is 2.18. The lowest BCUT2D eigenvalue weighted by Gasteiger charge is -2.23. The van der Waals surface area contributed by atoms with Gasteiger partial charge in [0.15, 0.2) is 5.79 Å². The average molecular weight is 189 g/mol. The molecule has 2 rings (SSSR count). The minimum absolute atomic E-state index is 0.403. The summed E-state index contributed by atoms with van der Waals surface area (Å²) in [5.41, 5.74) is 5.66. The van der Waals surface area contributed by atoms with Crippen LogP contribution < -0.4 is 5.73 Å². The van der Waals surface area contributed by atoms with Gasteiger partial charge in [-0.15, -0.1) is 0 Å². The highest BCUT2D eigenvalue weighted by Gasteiger charge is 2.57. The van der Waals surface area contributed by atoms with Crippen LogP contribution in [-0.4, -0.2) is 46.5 Å². The molecule has 0 aromatic heterocycles. The van der Waals surface area contributed by atoms with Crippen LogP contribution in [0.1, 0.15) is 13.8 Å². The standard InChI is InChI=1S/C8H15NO4/c1-8(2)12-6-3(9)4(10)5(11)7(6)13-8/h3-7,10-11H,9H2,1-2H3/t3-,4-,5+,6+,7-/m1/s1. The van der Waals surface area contributed by atoms with Gasteiger partial charge in [-0.1, -0.05) is 0 Å². The van der Waals surface area contributed by atoms with Crippen molar-refractivity contribution in [2.45, 2.75) is 50.1 Å². The van der Waals surface area contributed by atoms with Crippen LogP contribution in [0.4, 0.5) is 0 Å². The van der Waals surface area contributed by atoms with E-state index < -0.39 is 36.2 Å². The molecule has 0 aromatic carbocycles. The molecule has 5 atom stereocenters. The zero-order chi connectivity index (χ0) is 9.80. The van der Waals surface area contributed by atoms with E-state index in [9.17, 15) is 10.2 Å². The first-order valence-corrected chi connectivity index (χ1v) is 4.40. The fourth-order valence-corrected chi connectivity index (χ4v) is 2.00. The maximum Gasteiger partial charge on any atom is 0.163 e. The molecule has 0 spiro atoms. The Morgan fingerprint density at radius 1 is 1.08 bits per heavy atom. The van der Waals surface area contributed by atoms with Gasteiger partial charge in [0.1, 0.15) is 24.4 Å². The van der Waals surface area contributed by atoms with Crippen LogP contribution in [0.3, 0.4) is 0 Å². The highest BCUT2D eigenvalue weighted by Crippen LogP contribution is 2.37. The van der Waals surface area contributed by atoms with Crippen molar-refractivity contribution < 1.29 is 19.7 Å². The van der Waals surface area contributed by atoms with Crippen LogP contribution in [0.15, 0.2) is 0 Å². The maximum atomic E-state index is 9.54. The van der Waals surface area contributed by atoms with Gasteiger partial charge in [-0.2, -0.15) is 0 Å². The molecule has 5 heteroatoms. The minimum atomic E-state index is -0.953. The summed E-state index contributed by atoms with van der Waals surface area (Å²) in [4.78, 5) is 0. The summed E-state index contributed by atoms with van der Waals surface area (Å²) in [7, 11) is 0. The van der Waals surface area contributed by atoms with Crippen molar-refractivity contribution in [1.29, 1.82) is 0 Å². The van der Waals surface area contributed by atoms with Crippen molar-refractivity contribution in [3.05, 3.63) is 0 Å². The second-order valence-corrected chi connectivity index (χ2v) is 4.12. The molecule has 2 aliphatic rings. The summed E-state index contributed by atoms with van der Waals surface area (Å²) in [6.07, 6.45) is -2.80. The van der Waals surface area contributed by atoms with Crippen LogP contribution in [-0.2, 0) is 9.47 Å². The molecule has 76 valence electrons. The first-order chi connectivity index (χ1) is 5.92. The monoisotopic (exact) mass is 189 g/mol. The Kier molecular flexibility index (Phi) is 1.91. The number of hydrogen-bond acceptors (Lipinski definition) is 5. The topological polar surface area (TPSA) is 84.9 Å². The Labute approximate surface area is 76.4 Å². The normalized spacial score (nSPS) is 53.8.